The first-order valence-electron chi connectivity index (χ1n) is 13.5. The predicted molar refractivity (Wildman–Crippen MR) is 163 cm³/mol. The molecule has 5 rings (SSSR count). The van der Waals surface area contributed by atoms with Gasteiger partial charge in [-0.15, -0.1) is 22.1 Å². The summed E-state index contributed by atoms with van der Waals surface area (Å²) >= 11 is 0. The monoisotopic (exact) mass is 584 g/mol. The fraction of sp³-hybridized carbons (Fsp3) is 0.235. The zero-order valence-electron chi connectivity index (χ0n) is 23.8. The van der Waals surface area contributed by atoms with Crippen molar-refractivity contribution in [3.05, 3.63) is 88.5 Å². The molecule has 208 valence electrons. The summed E-state index contributed by atoms with van der Waals surface area (Å²) in [6, 6.07) is 7.98. The van der Waals surface area contributed by atoms with Gasteiger partial charge in [-0.25, -0.2) is 9.97 Å². The fourth-order valence-corrected chi connectivity index (χ4v) is 5.56. The van der Waals surface area contributed by atoms with E-state index in [-0.39, 0.29) is 17.1 Å². The van der Waals surface area contributed by atoms with Crippen LogP contribution in [0.1, 0.15) is 78.1 Å². The Kier molecular flexibility index (Phi) is 8.91. The Morgan fingerprint density at radius 3 is 1.93 bits per heavy atom. The molecule has 3 aromatic heterocycles. The van der Waals surface area contributed by atoms with E-state index in [1.807, 2.05) is 64.1 Å². The zero-order valence-corrected chi connectivity index (χ0v) is 24.9. The number of hydrogen-bond donors (Lipinski definition) is 0. The zero-order chi connectivity index (χ0) is 28.6. The number of rotatable bonds is 8. The first kappa shape index (κ1) is 29.9. The van der Waals surface area contributed by atoms with E-state index < -0.39 is 0 Å². The van der Waals surface area contributed by atoms with E-state index in [0.29, 0.717) is 25.7 Å². The van der Waals surface area contributed by atoms with Crippen LogP contribution in [-0.2, 0) is 33.1 Å². The van der Waals surface area contributed by atoms with Gasteiger partial charge in [0.25, 0.3) is 0 Å². The molecule has 0 saturated carbocycles. The Morgan fingerprint density at radius 1 is 0.683 bits per heavy atom. The van der Waals surface area contributed by atoms with Gasteiger partial charge in [0.15, 0.2) is 0 Å². The molecule has 8 bridgehead atoms. The van der Waals surface area contributed by atoms with Crippen LogP contribution >= 0.6 is 0 Å². The Labute approximate surface area is 250 Å². The van der Waals surface area contributed by atoms with Gasteiger partial charge in [-0.3, -0.25) is 0 Å². The second kappa shape index (κ2) is 12.2. The number of hydrogen-bond acceptors (Lipinski definition) is 4. The number of nitrogens with zero attached hydrogens (tertiary/aromatic N) is 4. The van der Waals surface area contributed by atoms with Crippen LogP contribution in [-0.4, -0.2) is 22.5 Å². The molecule has 41 heavy (non-hydrogen) atoms. The van der Waals surface area contributed by atoms with Gasteiger partial charge in [0.05, 0.1) is 22.8 Å². The van der Waals surface area contributed by atoms with Crippen molar-refractivity contribution in [3.63, 3.8) is 0 Å². The third kappa shape index (κ3) is 5.35. The first-order chi connectivity index (χ1) is 19.3. The summed E-state index contributed by atoms with van der Waals surface area (Å²) in [5.74, 6) is 0. The molecule has 2 aliphatic rings. The van der Waals surface area contributed by atoms with E-state index in [1.165, 1.54) is 0 Å². The van der Waals surface area contributed by atoms with E-state index in [2.05, 4.69) is 13.2 Å². The van der Waals surface area contributed by atoms with E-state index in [4.69, 9.17) is 19.9 Å². The van der Waals surface area contributed by atoms with Crippen molar-refractivity contribution in [3.8, 4) is 0 Å². The minimum absolute atomic E-state index is 0. The molecule has 0 fully saturated rings. The van der Waals surface area contributed by atoms with Crippen LogP contribution in [0.3, 0.4) is 0 Å². The van der Waals surface area contributed by atoms with Crippen molar-refractivity contribution in [2.24, 2.45) is 0 Å². The Hall–Kier alpha value is -4.06. The van der Waals surface area contributed by atoms with Crippen LogP contribution in [0.25, 0.3) is 50.4 Å². The third-order valence-corrected chi connectivity index (χ3v) is 7.91. The standard InChI is InChI=1S/C34H32N4O2.Fe/c1-7-23-19(3)27-15-28-21(5)25(11-9-13-39)33(37-28)18-34-26(12-10-14-40)22(6)30(38-34)17-32-24(8-2)20(4)29(36-32)16-31(23)35-27;/h7-8,13-18H,1-2,9-12H2,3-6H3;/q-2;+2. The Morgan fingerprint density at radius 2 is 1.24 bits per heavy atom. The summed E-state index contributed by atoms with van der Waals surface area (Å²) < 4.78 is 0. The summed E-state index contributed by atoms with van der Waals surface area (Å²) in [5.41, 5.74) is 14.4. The average Bonchev–Trinajstić information content (AvgIpc) is 3.59. The normalized spacial score (nSPS) is 12.8. The summed E-state index contributed by atoms with van der Waals surface area (Å²) in [7, 11) is 0. The van der Waals surface area contributed by atoms with Crippen molar-refractivity contribution in [1.82, 2.24) is 19.9 Å². The van der Waals surface area contributed by atoms with E-state index in [9.17, 15) is 9.59 Å². The molecule has 0 amide bonds. The van der Waals surface area contributed by atoms with E-state index in [0.717, 1.165) is 102 Å². The van der Waals surface area contributed by atoms with Gasteiger partial charge in [0.1, 0.15) is 12.6 Å². The third-order valence-electron chi connectivity index (χ3n) is 7.91. The number of carbonyl (C=O) groups is 2. The molecule has 3 aromatic rings. The molecular weight excluding hydrogens is 552 g/mol. The van der Waals surface area contributed by atoms with Crippen LogP contribution in [0.4, 0.5) is 0 Å². The van der Waals surface area contributed by atoms with E-state index in [1.54, 1.807) is 0 Å². The van der Waals surface area contributed by atoms with Crippen LogP contribution in [0.5, 0.6) is 0 Å². The Balaban J connectivity index is 0.00000387. The molecular formula is C34H32FeN4O2. The Bertz CT molecular complexity index is 1820. The van der Waals surface area contributed by atoms with Gasteiger partial charge in [-0.05, 0) is 62.8 Å². The number of aldehydes is 2. The molecule has 0 atom stereocenters. The van der Waals surface area contributed by atoms with Crippen molar-refractivity contribution in [1.29, 1.82) is 0 Å². The number of carbonyl (C=O) groups excluding carboxylic acids is 2. The molecule has 5 heterocycles. The first-order valence-corrected chi connectivity index (χ1v) is 13.5. The largest absolute Gasteiger partial charge is 2.00 e. The SMILES string of the molecule is C=CC1=C(C)c2cc3[n-]c(cc4nc(cc5[n-]c(cc1n2)c(C)c5C=C)C(C)=C4CCC=O)c(CCC=O)c3C.[Fe+2]. The molecule has 0 radical (unpaired) electrons. The maximum Gasteiger partial charge on any atom is 2.00 e. The summed E-state index contributed by atoms with van der Waals surface area (Å²) in [5, 5.41) is 0. The van der Waals surface area contributed by atoms with Gasteiger partial charge in [-0.1, -0.05) is 66.3 Å². The molecule has 0 N–H and O–H groups in total. The van der Waals surface area contributed by atoms with Crippen LogP contribution in [0.2, 0.25) is 0 Å². The topological polar surface area (TPSA) is 88.1 Å². The molecule has 0 unspecified atom stereocenters. The minimum atomic E-state index is 0. The quantitative estimate of drug-likeness (QED) is 0.210. The van der Waals surface area contributed by atoms with Gasteiger partial charge >= 0.3 is 17.1 Å². The summed E-state index contributed by atoms with van der Waals surface area (Å²) in [4.78, 5) is 42.6. The molecule has 7 heteroatoms. The molecule has 0 saturated heterocycles. The molecule has 0 aromatic carbocycles. The number of aryl methyl sites for hydroxylation is 3. The second-order valence-electron chi connectivity index (χ2n) is 10.2. The van der Waals surface area contributed by atoms with E-state index >= 15 is 0 Å². The number of aromatic nitrogens is 4. The summed E-state index contributed by atoms with van der Waals surface area (Å²) in [6.45, 7) is 16.2. The number of allylic oxidation sites excluding steroid dienone is 5. The van der Waals surface area contributed by atoms with Crippen molar-refractivity contribution >= 4 is 63.0 Å². The van der Waals surface area contributed by atoms with Gasteiger partial charge in [-0.2, -0.15) is 0 Å². The smallest absolute Gasteiger partial charge is 0.657 e. The van der Waals surface area contributed by atoms with Gasteiger partial charge in [0.2, 0.25) is 0 Å². The predicted octanol–water partition coefficient (Wildman–Crippen LogP) is 6.99. The summed E-state index contributed by atoms with van der Waals surface area (Å²) in [6.07, 6.45) is 7.49. The molecule has 0 aliphatic carbocycles. The molecule has 0 spiro atoms. The number of fused-ring (bicyclic) bond motifs is 8. The minimum Gasteiger partial charge on any atom is -0.657 e. The van der Waals surface area contributed by atoms with Crippen LogP contribution in [0.15, 0.2) is 43.5 Å². The average molecular weight is 585 g/mol. The second-order valence-corrected chi connectivity index (χ2v) is 10.2. The van der Waals surface area contributed by atoms with Crippen molar-refractivity contribution in [2.45, 2.75) is 53.4 Å². The van der Waals surface area contributed by atoms with Crippen LogP contribution < -0.4 is 9.97 Å². The van der Waals surface area contributed by atoms with Crippen LogP contribution in [0, 0.1) is 13.8 Å². The maximum absolute atomic E-state index is 11.3. The maximum atomic E-state index is 11.3. The van der Waals surface area contributed by atoms with Gasteiger partial charge in [0, 0.05) is 18.4 Å². The van der Waals surface area contributed by atoms with Crippen molar-refractivity contribution in [2.75, 3.05) is 0 Å². The fourth-order valence-electron chi connectivity index (χ4n) is 5.56. The van der Waals surface area contributed by atoms with Crippen molar-refractivity contribution < 1.29 is 26.7 Å². The molecule has 6 nitrogen and oxygen atoms in total. The molecule has 2 aliphatic heterocycles. The van der Waals surface area contributed by atoms with Gasteiger partial charge < -0.3 is 19.6 Å².